The number of benzene rings is 1. The maximum atomic E-state index is 14.1. The van der Waals surface area contributed by atoms with Gasteiger partial charge in [0.1, 0.15) is 42.5 Å². The molecule has 0 fully saturated rings. The van der Waals surface area contributed by atoms with Crippen molar-refractivity contribution in [3.8, 4) is 0 Å². The first kappa shape index (κ1) is 14.3. The Bertz CT molecular complexity index is 708. The SMILES string of the molecule is OC(Cn1cnnc1)(Cn1cnnc1)c1ccc(F)cc1F. The summed E-state index contributed by atoms with van der Waals surface area (Å²) >= 11 is 0. The lowest BCUT2D eigenvalue weighted by Crippen LogP contribution is -2.36. The molecule has 1 aromatic carbocycles. The summed E-state index contributed by atoms with van der Waals surface area (Å²) in [6.07, 6.45) is 5.61. The number of aliphatic hydroxyl groups is 1. The van der Waals surface area contributed by atoms with Crippen LogP contribution in [0.3, 0.4) is 0 Å². The molecule has 0 aliphatic rings. The van der Waals surface area contributed by atoms with Gasteiger partial charge in [-0.25, -0.2) is 8.78 Å². The second kappa shape index (κ2) is 5.60. The highest BCUT2D eigenvalue weighted by Crippen LogP contribution is 2.28. The molecular weight excluding hydrogens is 294 g/mol. The molecule has 2 heterocycles. The number of rotatable bonds is 5. The van der Waals surface area contributed by atoms with Crippen molar-refractivity contribution < 1.29 is 13.9 Å². The summed E-state index contributed by atoms with van der Waals surface area (Å²) in [6, 6.07) is 3.06. The third kappa shape index (κ3) is 2.84. The molecule has 22 heavy (non-hydrogen) atoms. The van der Waals surface area contributed by atoms with Gasteiger partial charge in [-0.15, -0.1) is 20.4 Å². The standard InChI is InChI=1S/C13H12F2N6O/c14-10-1-2-11(12(15)3-10)13(22,4-20-6-16-17-7-20)5-21-8-18-19-9-21/h1-3,6-9,22H,4-5H2. The largest absolute Gasteiger partial charge is 0.381 e. The lowest BCUT2D eigenvalue weighted by Gasteiger charge is -2.29. The number of aromatic nitrogens is 6. The Hall–Kier alpha value is -2.68. The maximum absolute atomic E-state index is 14.1. The van der Waals surface area contributed by atoms with E-state index in [2.05, 4.69) is 20.4 Å². The molecule has 0 bridgehead atoms. The molecule has 0 saturated carbocycles. The zero-order chi connectivity index (χ0) is 15.6. The minimum Gasteiger partial charge on any atom is -0.381 e. The van der Waals surface area contributed by atoms with Crippen molar-refractivity contribution in [2.75, 3.05) is 0 Å². The Morgan fingerprint density at radius 2 is 1.41 bits per heavy atom. The fourth-order valence-electron chi connectivity index (χ4n) is 2.30. The summed E-state index contributed by atoms with van der Waals surface area (Å²) in [6.45, 7) is -0.0263. The van der Waals surface area contributed by atoms with Crippen LogP contribution in [0, 0.1) is 11.6 Å². The molecule has 1 N–H and O–H groups in total. The molecule has 0 aliphatic heterocycles. The third-order valence-corrected chi connectivity index (χ3v) is 3.25. The average Bonchev–Trinajstić information content (AvgIpc) is 3.12. The summed E-state index contributed by atoms with van der Waals surface area (Å²) in [4.78, 5) is 0. The van der Waals surface area contributed by atoms with Crippen LogP contribution in [-0.2, 0) is 18.7 Å². The van der Waals surface area contributed by atoms with Crippen LogP contribution in [-0.4, -0.2) is 34.6 Å². The van der Waals surface area contributed by atoms with Gasteiger partial charge in [-0.2, -0.15) is 0 Å². The minimum atomic E-state index is -1.65. The van der Waals surface area contributed by atoms with Crippen molar-refractivity contribution >= 4 is 0 Å². The zero-order valence-corrected chi connectivity index (χ0v) is 11.3. The van der Waals surface area contributed by atoms with Crippen LogP contribution >= 0.6 is 0 Å². The van der Waals surface area contributed by atoms with E-state index in [0.717, 1.165) is 12.1 Å². The monoisotopic (exact) mass is 306 g/mol. The molecule has 3 rings (SSSR count). The minimum absolute atomic E-state index is 0.0132. The van der Waals surface area contributed by atoms with Crippen molar-refractivity contribution in [2.24, 2.45) is 0 Å². The van der Waals surface area contributed by atoms with E-state index < -0.39 is 17.2 Å². The highest BCUT2D eigenvalue weighted by Gasteiger charge is 2.33. The first-order valence-corrected chi connectivity index (χ1v) is 6.39. The molecule has 0 aliphatic carbocycles. The normalized spacial score (nSPS) is 11.8. The molecule has 0 spiro atoms. The Labute approximate surface area is 123 Å². The van der Waals surface area contributed by atoms with Gasteiger partial charge in [0.15, 0.2) is 0 Å². The van der Waals surface area contributed by atoms with E-state index in [1.807, 2.05) is 0 Å². The van der Waals surface area contributed by atoms with E-state index in [1.54, 1.807) is 0 Å². The van der Waals surface area contributed by atoms with Gasteiger partial charge in [-0.3, -0.25) is 0 Å². The maximum Gasteiger partial charge on any atom is 0.132 e. The summed E-state index contributed by atoms with van der Waals surface area (Å²) in [5.74, 6) is -1.54. The molecule has 2 aromatic heterocycles. The molecular formula is C13H12F2N6O. The Balaban J connectivity index is 2.01. The van der Waals surface area contributed by atoms with Gasteiger partial charge >= 0.3 is 0 Å². The molecule has 0 saturated heterocycles. The van der Waals surface area contributed by atoms with Crippen molar-refractivity contribution in [1.29, 1.82) is 0 Å². The van der Waals surface area contributed by atoms with Crippen molar-refractivity contribution in [3.63, 3.8) is 0 Å². The fourth-order valence-corrected chi connectivity index (χ4v) is 2.30. The van der Waals surface area contributed by atoms with Gasteiger partial charge < -0.3 is 14.2 Å². The van der Waals surface area contributed by atoms with E-state index in [1.165, 1.54) is 40.5 Å². The first-order valence-electron chi connectivity index (χ1n) is 6.39. The summed E-state index contributed by atoms with van der Waals surface area (Å²) in [7, 11) is 0. The lowest BCUT2D eigenvalue weighted by atomic mass is 9.92. The van der Waals surface area contributed by atoms with Crippen LogP contribution in [0.4, 0.5) is 8.78 Å². The van der Waals surface area contributed by atoms with Crippen LogP contribution in [0.25, 0.3) is 0 Å². The number of hydrogen-bond acceptors (Lipinski definition) is 5. The van der Waals surface area contributed by atoms with Crippen molar-refractivity contribution in [1.82, 2.24) is 29.5 Å². The van der Waals surface area contributed by atoms with Gasteiger partial charge in [0.05, 0.1) is 13.1 Å². The van der Waals surface area contributed by atoms with E-state index in [9.17, 15) is 13.9 Å². The number of nitrogens with zero attached hydrogens (tertiary/aromatic N) is 6. The molecule has 7 nitrogen and oxygen atoms in total. The first-order chi connectivity index (χ1) is 10.6. The lowest BCUT2D eigenvalue weighted by molar-refractivity contribution is -0.00248. The Morgan fingerprint density at radius 1 is 0.909 bits per heavy atom. The number of hydrogen-bond donors (Lipinski definition) is 1. The average molecular weight is 306 g/mol. The van der Waals surface area contributed by atoms with Crippen LogP contribution in [0.5, 0.6) is 0 Å². The number of halogens is 2. The second-order valence-corrected chi connectivity index (χ2v) is 4.92. The highest BCUT2D eigenvalue weighted by atomic mass is 19.1. The molecule has 0 amide bonds. The zero-order valence-electron chi connectivity index (χ0n) is 11.3. The van der Waals surface area contributed by atoms with E-state index in [-0.39, 0.29) is 18.7 Å². The topological polar surface area (TPSA) is 81.6 Å². The molecule has 114 valence electrons. The van der Waals surface area contributed by atoms with Crippen LogP contribution in [0.2, 0.25) is 0 Å². The highest BCUT2D eigenvalue weighted by molar-refractivity contribution is 5.25. The summed E-state index contributed by atoms with van der Waals surface area (Å²) < 4.78 is 30.3. The Morgan fingerprint density at radius 3 is 1.86 bits per heavy atom. The van der Waals surface area contributed by atoms with Crippen molar-refractivity contribution in [3.05, 3.63) is 60.7 Å². The second-order valence-electron chi connectivity index (χ2n) is 4.92. The van der Waals surface area contributed by atoms with Crippen LogP contribution < -0.4 is 0 Å². The van der Waals surface area contributed by atoms with Gasteiger partial charge in [-0.1, -0.05) is 6.07 Å². The summed E-state index contributed by atoms with van der Waals surface area (Å²) in [5, 5.41) is 25.6. The van der Waals surface area contributed by atoms with Gasteiger partial charge in [0, 0.05) is 11.6 Å². The van der Waals surface area contributed by atoms with Gasteiger partial charge in [0.25, 0.3) is 0 Å². The summed E-state index contributed by atoms with van der Waals surface area (Å²) in [5.41, 5.74) is -1.68. The predicted octanol–water partition coefficient (Wildman–Crippen LogP) is 0.736. The molecule has 9 heteroatoms. The molecule has 3 aromatic rings. The predicted molar refractivity (Wildman–Crippen MR) is 70.3 cm³/mol. The van der Waals surface area contributed by atoms with Crippen molar-refractivity contribution in [2.45, 2.75) is 18.7 Å². The fraction of sp³-hybridized carbons (Fsp3) is 0.231. The molecule has 0 atom stereocenters. The van der Waals surface area contributed by atoms with Gasteiger partial charge in [-0.05, 0) is 6.07 Å². The Kier molecular flexibility index (Phi) is 3.63. The van der Waals surface area contributed by atoms with Crippen LogP contribution in [0.15, 0.2) is 43.5 Å². The third-order valence-electron chi connectivity index (χ3n) is 3.25. The van der Waals surface area contributed by atoms with E-state index in [4.69, 9.17) is 0 Å². The van der Waals surface area contributed by atoms with E-state index >= 15 is 0 Å². The van der Waals surface area contributed by atoms with Gasteiger partial charge in [0.2, 0.25) is 0 Å². The van der Waals surface area contributed by atoms with E-state index in [0.29, 0.717) is 0 Å². The molecule has 0 radical (unpaired) electrons. The molecule has 0 unspecified atom stereocenters. The van der Waals surface area contributed by atoms with Crippen LogP contribution in [0.1, 0.15) is 5.56 Å². The smallest absolute Gasteiger partial charge is 0.132 e. The quantitative estimate of drug-likeness (QED) is 0.752.